The Kier molecular flexibility index (Phi) is 3.72. The van der Waals surface area contributed by atoms with Gasteiger partial charge in [0.05, 0.1) is 28.1 Å². The summed E-state index contributed by atoms with van der Waals surface area (Å²) in [6, 6.07) is 13.3. The fourth-order valence-electron chi connectivity index (χ4n) is 3.56. The van der Waals surface area contributed by atoms with Gasteiger partial charge in [0.25, 0.3) is 0 Å². The number of imidazole rings is 1. The van der Waals surface area contributed by atoms with Crippen molar-refractivity contribution in [2.45, 2.75) is 0 Å². The first kappa shape index (κ1) is 17.2. The van der Waals surface area contributed by atoms with Crippen molar-refractivity contribution in [3.63, 3.8) is 0 Å². The van der Waals surface area contributed by atoms with E-state index in [1.807, 2.05) is 42.5 Å². The van der Waals surface area contributed by atoms with Gasteiger partial charge in [0, 0.05) is 30.4 Å². The van der Waals surface area contributed by atoms with Gasteiger partial charge in [-0.15, -0.1) is 0 Å². The van der Waals surface area contributed by atoms with Gasteiger partial charge in [0.15, 0.2) is 11.5 Å². The number of nitrogens with zero attached hydrogens (tertiary/aromatic N) is 6. The van der Waals surface area contributed by atoms with Crippen LogP contribution in [0.25, 0.3) is 56.2 Å². The summed E-state index contributed by atoms with van der Waals surface area (Å²) >= 11 is 0. The van der Waals surface area contributed by atoms with E-state index in [0.717, 1.165) is 33.5 Å². The largest absolute Gasteiger partial charge is 0.397 e. The molecule has 9 heteroatoms. The fraction of sp³-hybridized carbons (Fsp3) is 0. The number of aromatic nitrogens is 8. The molecule has 0 atom stereocenters. The first-order valence-electron chi connectivity index (χ1n) is 9.59. The summed E-state index contributed by atoms with van der Waals surface area (Å²) in [5.74, 6) is 0.599. The lowest BCUT2D eigenvalue weighted by atomic mass is 10.1. The number of hydrogen-bond acceptors (Lipinski definition) is 7. The van der Waals surface area contributed by atoms with E-state index in [0.29, 0.717) is 28.4 Å². The van der Waals surface area contributed by atoms with Gasteiger partial charge in [-0.3, -0.25) is 20.1 Å². The minimum atomic E-state index is 0.582. The predicted octanol–water partition coefficient (Wildman–Crippen LogP) is 3.60. The zero-order chi connectivity index (χ0) is 20.8. The number of pyridine rings is 4. The average Bonchev–Trinajstić information content (AvgIpc) is 3.43. The van der Waals surface area contributed by atoms with Gasteiger partial charge in [-0.2, -0.15) is 5.10 Å². The Morgan fingerprint density at radius 3 is 2.58 bits per heavy atom. The second-order valence-corrected chi connectivity index (χ2v) is 7.03. The lowest BCUT2D eigenvalue weighted by Crippen LogP contribution is -1.90. The number of aromatic amines is 2. The maximum Gasteiger partial charge on any atom is 0.161 e. The minimum absolute atomic E-state index is 0.582. The third-order valence-corrected chi connectivity index (χ3v) is 5.00. The third-order valence-electron chi connectivity index (χ3n) is 5.00. The highest BCUT2D eigenvalue weighted by Gasteiger charge is 2.17. The molecule has 0 saturated carbocycles. The van der Waals surface area contributed by atoms with Gasteiger partial charge < -0.3 is 10.7 Å². The number of fused-ring (bicyclic) bond motifs is 2. The summed E-state index contributed by atoms with van der Waals surface area (Å²) in [6.45, 7) is 0. The van der Waals surface area contributed by atoms with E-state index >= 15 is 0 Å². The van der Waals surface area contributed by atoms with Crippen molar-refractivity contribution in [1.29, 1.82) is 0 Å². The van der Waals surface area contributed by atoms with E-state index in [4.69, 9.17) is 15.7 Å². The molecule has 0 unspecified atom stereocenters. The number of rotatable bonds is 3. The molecule has 31 heavy (non-hydrogen) atoms. The smallest absolute Gasteiger partial charge is 0.161 e. The summed E-state index contributed by atoms with van der Waals surface area (Å²) in [7, 11) is 0. The molecular weight excluding hydrogens is 390 g/mol. The van der Waals surface area contributed by atoms with Crippen LogP contribution >= 0.6 is 0 Å². The molecule has 6 aromatic heterocycles. The van der Waals surface area contributed by atoms with Crippen LogP contribution in [0.2, 0.25) is 0 Å². The highest BCUT2D eigenvalue weighted by atomic mass is 15.2. The topological polar surface area (TPSA) is 135 Å². The number of anilines is 1. The van der Waals surface area contributed by atoms with E-state index in [1.54, 1.807) is 24.8 Å². The SMILES string of the molecule is Nc1cncc(-c2ccc3[nH]nc(-c4nc5c(-c6ccccn6)nccc5[nH]4)c3n2)c1. The van der Waals surface area contributed by atoms with E-state index in [-0.39, 0.29) is 0 Å². The van der Waals surface area contributed by atoms with E-state index in [9.17, 15) is 0 Å². The van der Waals surface area contributed by atoms with Crippen LogP contribution in [-0.4, -0.2) is 40.1 Å². The Morgan fingerprint density at radius 1 is 0.774 bits per heavy atom. The normalized spacial score (nSPS) is 11.4. The molecule has 0 aromatic carbocycles. The molecule has 148 valence electrons. The second kappa shape index (κ2) is 6.70. The van der Waals surface area contributed by atoms with Gasteiger partial charge in [-0.1, -0.05) is 6.07 Å². The molecule has 0 aliphatic heterocycles. The highest BCUT2D eigenvalue weighted by Crippen LogP contribution is 2.30. The molecule has 4 N–H and O–H groups in total. The number of hydrogen-bond donors (Lipinski definition) is 3. The zero-order valence-corrected chi connectivity index (χ0v) is 16.1. The number of nitrogen functional groups attached to an aromatic ring is 1. The van der Waals surface area contributed by atoms with Gasteiger partial charge in [-0.05, 0) is 36.4 Å². The molecule has 0 aliphatic rings. The van der Waals surface area contributed by atoms with E-state index in [2.05, 4.69) is 30.1 Å². The zero-order valence-electron chi connectivity index (χ0n) is 16.1. The average molecular weight is 405 g/mol. The van der Waals surface area contributed by atoms with Crippen molar-refractivity contribution >= 4 is 27.8 Å². The predicted molar refractivity (Wildman–Crippen MR) is 118 cm³/mol. The Labute approximate surface area is 175 Å². The molecule has 0 fully saturated rings. The van der Waals surface area contributed by atoms with Crippen LogP contribution in [0, 0.1) is 0 Å². The van der Waals surface area contributed by atoms with Crippen LogP contribution in [0.3, 0.4) is 0 Å². The van der Waals surface area contributed by atoms with Crippen molar-refractivity contribution in [3.8, 4) is 34.2 Å². The van der Waals surface area contributed by atoms with Crippen LogP contribution in [-0.2, 0) is 0 Å². The first-order valence-corrected chi connectivity index (χ1v) is 9.59. The summed E-state index contributed by atoms with van der Waals surface area (Å²) < 4.78 is 0. The molecule has 0 bridgehead atoms. The van der Waals surface area contributed by atoms with Gasteiger partial charge in [-0.25, -0.2) is 9.97 Å². The summed E-state index contributed by atoms with van der Waals surface area (Å²) in [4.78, 5) is 26.0. The maximum absolute atomic E-state index is 5.88. The molecule has 0 saturated heterocycles. The third kappa shape index (κ3) is 2.87. The molecular formula is C22H15N9. The van der Waals surface area contributed by atoms with Crippen LogP contribution in [0.4, 0.5) is 5.69 Å². The maximum atomic E-state index is 5.88. The van der Waals surface area contributed by atoms with Crippen molar-refractivity contribution < 1.29 is 0 Å². The lowest BCUT2D eigenvalue weighted by molar-refractivity contribution is 1.10. The Morgan fingerprint density at radius 2 is 1.71 bits per heavy atom. The summed E-state index contributed by atoms with van der Waals surface area (Å²) in [5, 5.41) is 7.48. The molecule has 6 rings (SSSR count). The summed E-state index contributed by atoms with van der Waals surface area (Å²) in [5.41, 5.74) is 13.2. The molecule has 0 spiro atoms. The summed E-state index contributed by atoms with van der Waals surface area (Å²) in [6.07, 6.45) is 6.81. The van der Waals surface area contributed by atoms with Gasteiger partial charge in [0.1, 0.15) is 16.7 Å². The van der Waals surface area contributed by atoms with Crippen LogP contribution < -0.4 is 5.73 Å². The van der Waals surface area contributed by atoms with Crippen molar-refractivity contribution in [1.82, 2.24) is 40.1 Å². The Balaban J connectivity index is 1.51. The van der Waals surface area contributed by atoms with Crippen LogP contribution in [0.15, 0.2) is 67.3 Å². The fourth-order valence-corrected chi connectivity index (χ4v) is 3.56. The Bertz CT molecular complexity index is 1550. The molecule has 0 radical (unpaired) electrons. The molecule has 6 heterocycles. The van der Waals surface area contributed by atoms with Gasteiger partial charge in [0.2, 0.25) is 0 Å². The number of H-pyrrole nitrogens is 2. The van der Waals surface area contributed by atoms with Crippen LogP contribution in [0.5, 0.6) is 0 Å². The number of nitrogens with two attached hydrogens (primary N) is 1. The molecule has 0 aliphatic carbocycles. The molecule has 6 aromatic rings. The lowest BCUT2D eigenvalue weighted by Gasteiger charge is -2.02. The van der Waals surface area contributed by atoms with E-state index in [1.165, 1.54) is 0 Å². The van der Waals surface area contributed by atoms with Crippen molar-refractivity contribution in [2.75, 3.05) is 5.73 Å². The second-order valence-electron chi connectivity index (χ2n) is 7.03. The monoisotopic (exact) mass is 405 g/mol. The minimum Gasteiger partial charge on any atom is -0.397 e. The number of nitrogens with one attached hydrogen (secondary N) is 2. The van der Waals surface area contributed by atoms with Crippen molar-refractivity contribution in [3.05, 3.63) is 67.3 Å². The van der Waals surface area contributed by atoms with E-state index < -0.39 is 0 Å². The molecule has 0 amide bonds. The quantitative estimate of drug-likeness (QED) is 0.409. The van der Waals surface area contributed by atoms with Crippen LogP contribution in [0.1, 0.15) is 0 Å². The highest BCUT2D eigenvalue weighted by molar-refractivity contribution is 5.94. The van der Waals surface area contributed by atoms with Gasteiger partial charge >= 0.3 is 0 Å². The first-order chi connectivity index (χ1) is 15.3. The standard InChI is InChI=1S/C22H15N9/c23-13-9-12(10-24-11-13)14-4-5-17-20(27-14)21(31-30-17)22-28-16-6-8-26-18(19(16)29-22)15-3-1-2-7-25-15/h1-11H,23H2,(H,28,29)(H,30,31). The Hall–Kier alpha value is -4.66. The van der Waals surface area contributed by atoms with Crippen molar-refractivity contribution in [2.24, 2.45) is 0 Å². The molecule has 9 nitrogen and oxygen atoms in total.